The van der Waals surface area contributed by atoms with E-state index in [0.29, 0.717) is 36.0 Å². The van der Waals surface area contributed by atoms with Crippen molar-refractivity contribution in [3.63, 3.8) is 0 Å². The molecule has 9 heteroatoms. The minimum atomic E-state index is -0.477. The summed E-state index contributed by atoms with van der Waals surface area (Å²) in [4.78, 5) is 22.8. The van der Waals surface area contributed by atoms with E-state index in [2.05, 4.69) is 10.5 Å². The quantitative estimate of drug-likeness (QED) is 0.245. The summed E-state index contributed by atoms with van der Waals surface area (Å²) in [6.07, 6.45) is 0. The highest BCUT2D eigenvalue weighted by Gasteiger charge is 2.22. The number of nitrogens with one attached hydrogen (secondary N) is 1. The van der Waals surface area contributed by atoms with Gasteiger partial charge in [-0.25, -0.2) is 0 Å². The number of carbonyl (C=O) groups is 1. The Labute approximate surface area is 201 Å². The van der Waals surface area contributed by atoms with Crippen LogP contribution in [0.2, 0.25) is 0 Å². The average Bonchev–Trinajstić information content (AvgIpc) is 3.33. The van der Waals surface area contributed by atoms with Gasteiger partial charge in [-0.15, -0.1) is 0 Å². The van der Waals surface area contributed by atoms with Crippen LogP contribution in [0.5, 0.6) is 17.2 Å². The van der Waals surface area contributed by atoms with Gasteiger partial charge in [0.25, 0.3) is 11.6 Å². The van der Waals surface area contributed by atoms with Crippen molar-refractivity contribution in [3.8, 4) is 28.6 Å². The summed E-state index contributed by atoms with van der Waals surface area (Å²) in [6, 6.07) is 20.6. The molecule has 1 N–H and O–H groups in total. The second kappa shape index (κ2) is 10.5. The molecule has 178 valence electrons. The van der Waals surface area contributed by atoms with Crippen LogP contribution in [-0.2, 0) is 6.61 Å². The van der Waals surface area contributed by atoms with Crippen LogP contribution in [-0.4, -0.2) is 22.5 Å². The lowest BCUT2D eigenvalue weighted by atomic mass is 10.1. The molecule has 1 heterocycles. The predicted octanol–water partition coefficient (Wildman–Crippen LogP) is 5.68. The molecule has 4 rings (SSSR count). The number of aryl methyl sites for hydroxylation is 1. The first kappa shape index (κ1) is 23.5. The van der Waals surface area contributed by atoms with Crippen LogP contribution in [0.4, 0.5) is 5.69 Å². The first-order valence-corrected chi connectivity index (χ1v) is 10.9. The number of nitrogens with zero attached hydrogens (tertiary/aromatic N) is 2. The summed E-state index contributed by atoms with van der Waals surface area (Å²) in [5.74, 6) is 1.18. The molecule has 0 saturated carbocycles. The number of nitro benzene ring substituents is 1. The maximum Gasteiger partial charge on any atom is 0.273 e. The van der Waals surface area contributed by atoms with Gasteiger partial charge in [-0.1, -0.05) is 35.5 Å². The van der Waals surface area contributed by atoms with Crippen LogP contribution >= 0.6 is 0 Å². The second-order valence-electron chi connectivity index (χ2n) is 7.70. The summed E-state index contributed by atoms with van der Waals surface area (Å²) in [5.41, 5.74) is 2.37. The van der Waals surface area contributed by atoms with Gasteiger partial charge in [0, 0.05) is 24.7 Å². The predicted molar refractivity (Wildman–Crippen MR) is 129 cm³/mol. The lowest BCUT2D eigenvalue weighted by Gasteiger charge is -2.16. The minimum absolute atomic E-state index is 0.0458. The van der Waals surface area contributed by atoms with Gasteiger partial charge < -0.3 is 19.3 Å². The average molecular weight is 473 g/mol. The first-order chi connectivity index (χ1) is 16.9. The molecule has 1 amide bonds. The summed E-state index contributed by atoms with van der Waals surface area (Å²) in [6.45, 7) is 4.45. The number of non-ortho nitro benzene ring substituents is 1. The molecule has 0 aliphatic heterocycles. The number of aromatic nitrogens is 1. The standard InChI is InChI=1S/C26H23N3O6/c1-3-27-26(30)21-15-24(35-28-21)25-22(33-16-18-7-5-4-6-8-18)13-17(2)14-23(25)34-20-11-9-19(10-12-20)29(31)32/h4-15H,3,16H2,1-2H3,(H,27,30). The van der Waals surface area contributed by atoms with Gasteiger partial charge in [-0.05, 0) is 49.2 Å². The van der Waals surface area contributed by atoms with Gasteiger partial charge in [0.05, 0.1) is 4.92 Å². The summed E-state index contributed by atoms with van der Waals surface area (Å²) >= 11 is 0. The van der Waals surface area contributed by atoms with Gasteiger partial charge in [0.2, 0.25) is 0 Å². The summed E-state index contributed by atoms with van der Waals surface area (Å²) in [7, 11) is 0. The molecule has 0 aliphatic rings. The van der Waals surface area contributed by atoms with Crippen LogP contribution in [0.1, 0.15) is 28.5 Å². The van der Waals surface area contributed by atoms with Gasteiger partial charge in [-0.2, -0.15) is 0 Å². The fraction of sp³-hybridized carbons (Fsp3) is 0.154. The van der Waals surface area contributed by atoms with E-state index in [1.807, 2.05) is 50.2 Å². The number of carbonyl (C=O) groups excluding carboxylic acids is 1. The molecule has 35 heavy (non-hydrogen) atoms. The third-order valence-corrected chi connectivity index (χ3v) is 5.05. The van der Waals surface area contributed by atoms with E-state index >= 15 is 0 Å². The highest BCUT2D eigenvalue weighted by atomic mass is 16.6. The Morgan fingerprint density at radius 3 is 2.46 bits per heavy atom. The van der Waals surface area contributed by atoms with Crippen molar-refractivity contribution in [2.45, 2.75) is 20.5 Å². The van der Waals surface area contributed by atoms with Crippen molar-refractivity contribution in [3.05, 3.63) is 99.7 Å². The number of nitro groups is 1. The van der Waals surface area contributed by atoms with E-state index in [9.17, 15) is 14.9 Å². The Kier molecular flexibility index (Phi) is 7.06. The Morgan fingerprint density at radius 1 is 1.06 bits per heavy atom. The van der Waals surface area contributed by atoms with E-state index in [0.717, 1.165) is 11.1 Å². The van der Waals surface area contributed by atoms with E-state index in [1.165, 1.54) is 30.3 Å². The molecule has 0 aliphatic carbocycles. The normalized spacial score (nSPS) is 10.6. The van der Waals surface area contributed by atoms with Crippen LogP contribution < -0.4 is 14.8 Å². The minimum Gasteiger partial charge on any atom is -0.488 e. The maximum atomic E-state index is 12.3. The Balaban J connectivity index is 1.74. The number of hydrogen-bond acceptors (Lipinski definition) is 7. The van der Waals surface area contributed by atoms with Gasteiger partial charge in [-0.3, -0.25) is 14.9 Å². The lowest BCUT2D eigenvalue weighted by Crippen LogP contribution is -2.22. The number of ether oxygens (including phenoxy) is 2. The van der Waals surface area contributed by atoms with Crippen molar-refractivity contribution < 1.29 is 23.7 Å². The van der Waals surface area contributed by atoms with E-state index in [-0.39, 0.29) is 23.0 Å². The largest absolute Gasteiger partial charge is 0.488 e. The fourth-order valence-electron chi connectivity index (χ4n) is 3.41. The fourth-order valence-corrected chi connectivity index (χ4v) is 3.41. The SMILES string of the molecule is CCNC(=O)c1cc(-c2c(OCc3ccccc3)cc(C)cc2Oc2ccc([N+](=O)[O-])cc2)on1. The van der Waals surface area contributed by atoms with Crippen LogP contribution in [0.25, 0.3) is 11.3 Å². The van der Waals surface area contributed by atoms with Gasteiger partial charge in [0.1, 0.15) is 29.4 Å². The molecular formula is C26H23N3O6. The third kappa shape index (κ3) is 5.64. The van der Waals surface area contributed by atoms with E-state index in [4.69, 9.17) is 14.0 Å². The molecule has 0 bridgehead atoms. The number of benzene rings is 3. The lowest BCUT2D eigenvalue weighted by molar-refractivity contribution is -0.384. The topological polar surface area (TPSA) is 117 Å². The second-order valence-corrected chi connectivity index (χ2v) is 7.70. The smallest absolute Gasteiger partial charge is 0.273 e. The summed E-state index contributed by atoms with van der Waals surface area (Å²) < 4.78 is 17.8. The first-order valence-electron chi connectivity index (χ1n) is 10.9. The molecule has 4 aromatic rings. The van der Waals surface area contributed by atoms with Crippen molar-refractivity contribution in [2.75, 3.05) is 6.54 Å². The molecular weight excluding hydrogens is 450 g/mol. The highest BCUT2D eigenvalue weighted by molar-refractivity contribution is 5.93. The van der Waals surface area contributed by atoms with E-state index in [1.54, 1.807) is 6.07 Å². The van der Waals surface area contributed by atoms with Crippen LogP contribution in [0, 0.1) is 17.0 Å². The number of amides is 1. The molecule has 0 unspecified atom stereocenters. The van der Waals surface area contributed by atoms with Gasteiger partial charge in [0.15, 0.2) is 11.5 Å². The molecule has 0 spiro atoms. The molecule has 3 aromatic carbocycles. The Morgan fingerprint density at radius 2 is 1.77 bits per heavy atom. The zero-order valence-corrected chi connectivity index (χ0v) is 19.2. The maximum absolute atomic E-state index is 12.3. The Hall–Kier alpha value is -4.66. The molecule has 9 nitrogen and oxygen atoms in total. The Bertz CT molecular complexity index is 1330. The molecule has 0 atom stereocenters. The zero-order valence-electron chi connectivity index (χ0n) is 19.2. The van der Waals surface area contributed by atoms with Crippen molar-refractivity contribution >= 4 is 11.6 Å². The van der Waals surface area contributed by atoms with Crippen molar-refractivity contribution in [1.82, 2.24) is 10.5 Å². The third-order valence-electron chi connectivity index (χ3n) is 5.05. The highest BCUT2D eigenvalue weighted by Crippen LogP contribution is 2.42. The molecule has 0 radical (unpaired) electrons. The monoisotopic (exact) mass is 473 g/mol. The number of rotatable bonds is 9. The van der Waals surface area contributed by atoms with Crippen molar-refractivity contribution in [2.24, 2.45) is 0 Å². The molecule has 0 saturated heterocycles. The number of hydrogen-bond donors (Lipinski definition) is 1. The molecule has 1 aromatic heterocycles. The zero-order chi connectivity index (χ0) is 24.8. The molecule has 0 fully saturated rings. The van der Waals surface area contributed by atoms with E-state index < -0.39 is 4.92 Å². The summed E-state index contributed by atoms with van der Waals surface area (Å²) in [5, 5.41) is 17.6. The van der Waals surface area contributed by atoms with Crippen molar-refractivity contribution in [1.29, 1.82) is 0 Å². The van der Waals surface area contributed by atoms with Crippen LogP contribution in [0.15, 0.2) is 77.3 Å². The van der Waals surface area contributed by atoms with Gasteiger partial charge >= 0.3 is 0 Å². The van der Waals surface area contributed by atoms with Crippen LogP contribution in [0.3, 0.4) is 0 Å².